The average molecular weight is 392 g/mol. The first-order chi connectivity index (χ1) is 12.9. The van der Waals surface area contributed by atoms with E-state index in [9.17, 15) is 12.8 Å². The summed E-state index contributed by atoms with van der Waals surface area (Å²) in [6.07, 6.45) is 2.25. The van der Waals surface area contributed by atoms with E-state index in [0.717, 1.165) is 29.5 Å². The molecule has 0 spiro atoms. The van der Waals surface area contributed by atoms with Crippen molar-refractivity contribution in [2.45, 2.75) is 38.0 Å². The Kier molecular flexibility index (Phi) is 6.17. The minimum Gasteiger partial charge on any atom is -0.490 e. The van der Waals surface area contributed by atoms with Crippen molar-refractivity contribution in [3.8, 4) is 5.75 Å². The highest BCUT2D eigenvalue weighted by atomic mass is 32.2. The van der Waals surface area contributed by atoms with Crippen LogP contribution < -0.4 is 10.5 Å². The fraction of sp³-hybridized carbons (Fsp3) is 0.429. The van der Waals surface area contributed by atoms with E-state index in [0.29, 0.717) is 19.1 Å². The Hall–Kier alpha value is -1.92. The summed E-state index contributed by atoms with van der Waals surface area (Å²) in [6, 6.07) is 11.9. The molecule has 1 aliphatic rings. The highest BCUT2D eigenvalue weighted by Gasteiger charge is 2.23. The van der Waals surface area contributed by atoms with Gasteiger partial charge in [-0.05, 0) is 53.5 Å². The normalized spacial score (nSPS) is 15.5. The summed E-state index contributed by atoms with van der Waals surface area (Å²) in [5, 5.41) is 0. The molecule has 6 heteroatoms. The molecule has 1 fully saturated rings. The average Bonchev–Trinajstić information content (AvgIpc) is 3.45. The maximum absolute atomic E-state index is 13.9. The van der Waals surface area contributed by atoms with E-state index in [1.807, 2.05) is 19.1 Å². The van der Waals surface area contributed by atoms with Crippen molar-refractivity contribution in [3.63, 3.8) is 0 Å². The number of sulfone groups is 1. The SMILES string of the molecule is C[C@@H](CS(=O)(=O)Cc1ccc(CN)cc1)c1ccc(F)c(OCC2CC2)c1. The van der Waals surface area contributed by atoms with Gasteiger partial charge in [-0.3, -0.25) is 0 Å². The third kappa shape index (κ3) is 5.78. The fourth-order valence-electron chi connectivity index (χ4n) is 2.99. The van der Waals surface area contributed by atoms with E-state index in [1.54, 1.807) is 24.3 Å². The van der Waals surface area contributed by atoms with Gasteiger partial charge in [-0.15, -0.1) is 0 Å². The summed E-state index contributed by atoms with van der Waals surface area (Å²) >= 11 is 0. The van der Waals surface area contributed by atoms with Crippen LogP contribution in [0.1, 0.15) is 42.4 Å². The molecule has 0 aromatic heterocycles. The molecule has 2 aromatic rings. The van der Waals surface area contributed by atoms with Gasteiger partial charge in [0, 0.05) is 6.54 Å². The van der Waals surface area contributed by atoms with E-state index < -0.39 is 15.7 Å². The third-order valence-corrected chi connectivity index (χ3v) is 6.63. The molecule has 0 aliphatic heterocycles. The van der Waals surface area contributed by atoms with Crippen LogP contribution in [0.15, 0.2) is 42.5 Å². The van der Waals surface area contributed by atoms with Crippen molar-refractivity contribution < 1.29 is 17.5 Å². The van der Waals surface area contributed by atoms with Gasteiger partial charge in [-0.1, -0.05) is 37.3 Å². The fourth-order valence-corrected chi connectivity index (χ4v) is 4.76. The molecule has 0 unspecified atom stereocenters. The standard InChI is InChI=1S/C21H26FNO3S/c1-15(13-27(24,25)14-18-6-2-16(11-23)3-7-18)19-8-9-20(22)21(10-19)26-12-17-4-5-17/h2-3,6-10,15,17H,4-5,11-14,23H2,1H3/t15-/m0/s1. The second kappa shape index (κ2) is 8.40. The van der Waals surface area contributed by atoms with Gasteiger partial charge in [0.1, 0.15) is 0 Å². The molecule has 0 radical (unpaired) electrons. The van der Waals surface area contributed by atoms with Gasteiger partial charge in [0.2, 0.25) is 0 Å². The van der Waals surface area contributed by atoms with E-state index in [2.05, 4.69) is 0 Å². The van der Waals surface area contributed by atoms with Crippen molar-refractivity contribution in [2.75, 3.05) is 12.4 Å². The van der Waals surface area contributed by atoms with Gasteiger partial charge >= 0.3 is 0 Å². The third-order valence-electron chi connectivity index (χ3n) is 4.84. The number of halogens is 1. The summed E-state index contributed by atoms with van der Waals surface area (Å²) in [5.41, 5.74) is 8.04. The zero-order valence-electron chi connectivity index (χ0n) is 15.5. The predicted molar refractivity (Wildman–Crippen MR) is 105 cm³/mol. The lowest BCUT2D eigenvalue weighted by Gasteiger charge is -2.15. The van der Waals surface area contributed by atoms with Crippen molar-refractivity contribution in [1.82, 2.24) is 0 Å². The minimum atomic E-state index is -3.31. The molecule has 2 N–H and O–H groups in total. The Morgan fingerprint density at radius 3 is 2.44 bits per heavy atom. The first kappa shape index (κ1) is 19.8. The van der Waals surface area contributed by atoms with Crippen LogP contribution in [0.4, 0.5) is 4.39 Å². The molecule has 1 saturated carbocycles. The highest BCUT2D eigenvalue weighted by Crippen LogP contribution is 2.31. The van der Waals surface area contributed by atoms with Gasteiger partial charge < -0.3 is 10.5 Å². The van der Waals surface area contributed by atoms with Gasteiger partial charge in [0.15, 0.2) is 21.4 Å². The lowest BCUT2D eigenvalue weighted by atomic mass is 10.0. The maximum atomic E-state index is 13.9. The van der Waals surface area contributed by atoms with Gasteiger partial charge in [-0.25, -0.2) is 12.8 Å². The van der Waals surface area contributed by atoms with E-state index in [-0.39, 0.29) is 23.2 Å². The molecule has 0 bridgehead atoms. The summed E-state index contributed by atoms with van der Waals surface area (Å²) in [4.78, 5) is 0. The number of hydrogen-bond donors (Lipinski definition) is 1. The summed E-state index contributed by atoms with van der Waals surface area (Å²) in [5.74, 6) is 0.0579. The molecule has 2 aromatic carbocycles. The van der Waals surface area contributed by atoms with Crippen LogP contribution in [0.5, 0.6) is 5.75 Å². The Balaban J connectivity index is 1.65. The summed E-state index contributed by atoms with van der Waals surface area (Å²) < 4.78 is 44.7. The van der Waals surface area contributed by atoms with Crippen molar-refractivity contribution in [3.05, 3.63) is 65.0 Å². The van der Waals surface area contributed by atoms with Crippen molar-refractivity contribution >= 4 is 9.84 Å². The summed E-state index contributed by atoms with van der Waals surface area (Å²) in [7, 11) is -3.31. The molecule has 0 heterocycles. The lowest BCUT2D eigenvalue weighted by molar-refractivity contribution is 0.285. The Bertz CT molecular complexity index is 877. The zero-order valence-corrected chi connectivity index (χ0v) is 16.3. The first-order valence-corrected chi connectivity index (χ1v) is 11.1. The van der Waals surface area contributed by atoms with Crippen LogP contribution in [-0.2, 0) is 22.1 Å². The quantitative estimate of drug-likeness (QED) is 0.706. The first-order valence-electron chi connectivity index (χ1n) is 9.27. The molecule has 1 atom stereocenters. The number of benzene rings is 2. The zero-order chi connectivity index (χ0) is 19.4. The highest BCUT2D eigenvalue weighted by molar-refractivity contribution is 7.90. The second-order valence-corrected chi connectivity index (χ2v) is 9.53. The molecule has 4 nitrogen and oxygen atoms in total. The molecule has 146 valence electrons. The van der Waals surface area contributed by atoms with E-state index in [4.69, 9.17) is 10.5 Å². The second-order valence-electron chi connectivity index (χ2n) is 7.42. The lowest BCUT2D eigenvalue weighted by Crippen LogP contribution is -2.15. The van der Waals surface area contributed by atoms with Crippen LogP contribution >= 0.6 is 0 Å². The smallest absolute Gasteiger partial charge is 0.165 e. The predicted octanol–water partition coefficient (Wildman–Crippen LogP) is 3.79. The number of hydrogen-bond acceptors (Lipinski definition) is 4. The van der Waals surface area contributed by atoms with Crippen LogP contribution in [0.3, 0.4) is 0 Å². The van der Waals surface area contributed by atoms with Crippen LogP contribution in [0.2, 0.25) is 0 Å². The van der Waals surface area contributed by atoms with Crippen molar-refractivity contribution in [1.29, 1.82) is 0 Å². The monoisotopic (exact) mass is 391 g/mol. The van der Waals surface area contributed by atoms with Gasteiger partial charge in [0.05, 0.1) is 18.1 Å². The number of rotatable bonds is 9. The molecule has 3 rings (SSSR count). The molecular formula is C21H26FNO3S. The van der Waals surface area contributed by atoms with Gasteiger partial charge in [0.25, 0.3) is 0 Å². The topological polar surface area (TPSA) is 69.4 Å². The number of nitrogens with two attached hydrogens (primary N) is 1. The van der Waals surface area contributed by atoms with E-state index >= 15 is 0 Å². The maximum Gasteiger partial charge on any atom is 0.165 e. The van der Waals surface area contributed by atoms with Gasteiger partial charge in [-0.2, -0.15) is 0 Å². The molecule has 27 heavy (non-hydrogen) atoms. The number of ether oxygens (including phenoxy) is 1. The molecular weight excluding hydrogens is 365 g/mol. The minimum absolute atomic E-state index is 0.000657. The van der Waals surface area contributed by atoms with Crippen LogP contribution in [0, 0.1) is 11.7 Å². The van der Waals surface area contributed by atoms with Crippen molar-refractivity contribution in [2.24, 2.45) is 11.7 Å². The Labute approximate surface area is 160 Å². The largest absolute Gasteiger partial charge is 0.490 e. The Morgan fingerprint density at radius 2 is 1.81 bits per heavy atom. The van der Waals surface area contributed by atoms with E-state index in [1.165, 1.54) is 6.07 Å². The molecule has 0 saturated heterocycles. The summed E-state index contributed by atoms with van der Waals surface area (Å²) in [6.45, 7) is 2.79. The van der Waals surface area contributed by atoms with Crippen LogP contribution in [0.25, 0.3) is 0 Å². The Morgan fingerprint density at radius 1 is 1.15 bits per heavy atom. The van der Waals surface area contributed by atoms with Crippen LogP contribution in [-0.4, -0.2) is 20.8 Å². The molecule has 0 amide bonds. The molecule has 1 aliphatic carbocycles.